The molecule has 0 fully saturated rings. The van der Waals surface area contributed by atoms with Crippen molar-refractivity contribution in [2.75, 3.05) is 19.6 Å². The summed E-state index contributed by atoms with van der Waals surface area (Å²) in [5.41, 5.74) is 17.0. The zero-order chi connectivity index (χ0) is 57.7. The van der Waals surface area contributed by atoms with Gasteiger partial charge in [-0.3, -0.25) is 5.01 Å². The number of aromatic nitrogens is 9. The third-order valence-corrected chi connectivity index (χ3v) is 16.6. The summed E-state index contributed by atoms with van der Waals surface area (Å²) in [5.74, 6) is 3.97. The predicted octanol–water partition coefficient (Wildman–Crippen LogP) is 9.72. The normalized spacial score (nSPS) is 15.4. The number of allylic oxidation sites excluding steroid dienone is 3. The van der Waals surface area contributed by atoms with E-state index < -0.39 is 0 Å². The van der Waals surface area contributed by atoms with E-state index in [1.54, 1.807) is 12.4 Å². The molecular formula is C63H65B3N14O3+2. The van der Waals surface area contributed by atoms with Crippen molar-refractivity contribution in [2.45, 2.75) is 82.0 Å². The second kappa shape index (κ2) is 20.4. The topological polar surface area (TPSA) is 138 Å². The quantitative estimate of drug-likeness (QED) is 0.120. The van der Waals surface area contributed by atoms with Crippen LogP contribution in [0.1, 0.15) is 67.3 Å². The van der Waals surface area contributed by atoms with Crippen LogP contribution >= 0.6 is 0 Å². The molecule has 20 heteroatoms. The van der Waals surface area contributed by atoms with Gasteiger partial charge < -0.3 is 27.9 Å². The number of hydrogen-bond donors (Lipinski definition) is 0. The standard InChI is InChI=1S/C24H23BN6O.C23H24BN4O.C16H18BN4O/c1-15-10-11-19-20-14-16(2)31(25(4)21(20)32-24(19)28-15)30-17(3)29(18-8-6-5-7-9-18)22-23(30)27-13-12-26-22;1-15-11-12-19-20-13-16(2)28(24(4)22(20)29-23(19)25-15)21-14-27(17(3)26(21)5)18-9-7-6-8-10-18;1-11-6-7-13-14-10-12(2)21(20-9-5-8-19(20)4)17(3)15(14)22-16(13)18-11/h5-14,17H,1-4H3;6-14H,1-5H3;5-10H,1-4H3/q;2*+1/t17-;;/m0../s1. The highest BCUT2D eigenvalue weighted by molar-refractivity contribution is 6.77. The van der Waals surface area contributed by atoms with Crippen molar-refractivity contribution in [1.29, 1.82) is 0 Å². The van der Waals surface area contributed by atoms with E-state index in [1.165, 1.54) is 17.2 Å². The first kappa shape index (κ1) is 52.8. The molecule has 0 unspecified atom stereocenters. The van der Waals surface area contributed by atoms with Crippen LogP contribution in [-0.4, -0.2) is 65.9 Å². The fourth-order valence-electron chi connectivity index (χ4n) is 12.5. The molecule has 4 aliphatic rings. The van der Waals surface area contributed by atoms with E-state index in [9.17, 15) is 0 Å². The number of rotatable bonds is 5. The molecule has 0 saturated heterocycles. The highest BCUT2D eigenvalue weighted by Gasteiger charge is 2.46. The Kier molecular flexibility index (Phi) is 13.0. The van der Waals surface area contributed by atoms with Gasteiger partial charge in [0.2, 0.25) is 28.8 Å². The lowest BCUT2D eigenvalue weighted by Gasteiger charge is -2.43. The molecule has 13 heterocycles. The van der Waals surface area contributed by atoms with Gasteiger partial charge in [-0.25, -0.2) is 39.0 Å². The van der Waals surface area contributed by atoms with Gasteiger partial charge in [0.15, 0.2) is 11.6 Å². The van der Waals surface area contributed by atoms with Crippen molar-refractivity contribution in [1.82, 2.24) is 39.2 Å². The molecule has 1 atom stereocenters. The maximum absolute atomic E-state index is 6.28. The maximum Gasteiger partial charge on any atom is 0.469 e. The molecule has 17 nitrogen and oxygen atoms in total. The molecule has 4 aliphatic heterocycles. The summed E-state index contributed by atoms with van der Waals surface area (Å²) in [6, 6.07) is 35.2. The maximum atomic E-state index is 6.28. The smallest absolute Gasteiger partial charge is 0.450 e. The lowest BCUT2D eigenvalue weighted by atomic mass is 9.57. The summed E-state index contributed by atoms with van der Waals surface area (Å²) in [4.78, 5) is 34.3. The van der Waals surface area contributed by atoms with Crippen LogP contribution in [0, 0.1) is 27.7 Å². The highest BCUT2D eigenvalue weighted by atomic mass is 16.4. The molecule has 15 rings (SSSR count). The first-order valence-electron chi connectivity index (χ1n) is 28.3. The number of benzene rings is 2. The van der Waals surface area contributed by atoms with E-state index in [4.69, 9.17) is 23.2 Å². The minimum absolute atomic E-state index is 0.0214. The number of fused-ring (bicyclic) bond motifs is 10. The number of hydrogen-bond acceptors (Lipinski definition) is 13. The van der Waals surface area contributed by atoms with Crippen LogP contribution in [0.3, 0.4) is 0 Å². The SMILES string of the molecule is CB1c2oc3nc(C)ccc3c2C=C(C)N1N1c2nccnc2N(c2ccccc2)[C@@H]1C.CB1c2oc3nc(C)ccc3c2C=C(C)N1c1cn(-c2ccccc2)c(C)[n+]1C.CB1c2oc3nc(C)ccc3c2C=C(C)N1n1ccc[n+]1C. The van der Waals surface area contributed by atoms with Gasteiger partial charge in [0.05, 0.1) is 18.9 Å². The molecule has 0 saturated carbocycles. The Balaban J connectivity index is 0.000000119. The molecule has 412 valence electrons. The Hall–Kier alpha value is -9.58. The van der Waals surface area contributed by atoms with Gasteiger partial charge in [0.1, 0.15) is 54.0 Å². The van der Waals surface area contributed by atoms with E-state index in [0.29, 0.717) is 5.71 Å². The van der Waals surface area contributed by atoms with Crippen LogP contribution in [0.4, 0.5) is 23.1 Å². The van der Waals surface area contributed by atoms with E-state index >= 15 is 0 Å². The zero-order valence-electron chi connectivity index (χ0n) is 49.2. The van der Waals surface area contributed by atoms with E-state index in [2.05, 4.69) is 195 Å². The van der Waals surface area contributed by atoms with Crippen LogP contribution in [-0.2, 0) is 14.1 Å². The minimum atomic E-state index is -0.0301. The molecule has 0 bridgehead atoms. The Morgan fingerprint density at radius 1 is 0.518 bits per heavy atom. The minimum Gasteiger partial charge on any atom is -0.450 e. The van der Waals surface area contributed by atoms with Crippen molar-refractivity contribution in [3.8, 4) is 5.69 Å². The van der Waals surface area contributed by atoms with Gasteiger partial charge in [-0.05, 0) is 141 Å². The van der Waals surface area contributed by atoms with Gasteiger partial charge in [-0.15, -0.1) is 0 Å². The van der Waals surface area contributed by atoms with E-state index in [0.717, 1.165) is 113 Å². The number of pyridine rings is 3. The number of anilines is 4. The fourth-order valence-corrected chi connectivity index (χ4v) is 12.5. The number of nitrogens with zero attached hydrogens (tertiary/aromatic N) is 14. The Morgan fingerprint density at radius 2 is 0.988 bits per heavy atom. The lowest BCUT2D eigenvalue weighted by Crippen LogP contribution is -2.60. The average molecular weight is 1100 g/mol. The Labute approximate surface area is 484 Å². The van der Waals surface area contributed by atoms with Gasteiger partial charge >= 0.3 is 20.5 Å². The van der Waals surface area contributed by atoms with Crippen LogP contribution in [0.15, 0.2) is 164 Å². The molecular weight excluding hydrogens is 1030 g/mol. The molecule has 0 N–H and O–H groups in total. The molecule has 9 aromatic heterocycles. The zero-order valence-corrected chi connectivity index (χ0v) is 49.2. The number of aryl methyl sites for hydroxylation is 4. The summed E-state index contributed by atoms with van der Waals surface area (Å²) in [7, 11) is 4.14. The number of para-hydroxylation sites is 2. The third kappa shape index (κ3) is 8.77. The summed E-state index contributed by atoms with van der Waals surface area (Å²) < 4.78 is 25.1. The molecule has 0 aliphatic carbocycles. The van der Waals surface area contributed by atoms with Crippen molar-refractivity contribution in [3.05, 3.63) is 191 Å². The largest absolute Gasteiger partial charge is 0.469 e. The van der Waals surface area contributed by atoms with Crippen LogP contribution in [0.2, 0.25) is 20.5 Å². The third-order valence-electron chi connectivity index (χ3n) is 16.6. The second-order valence-corrected chi connectivity index (χ2v) is 22.1. The number of hydrazine groups is 1. The number of imidazole rings is 1. The molecule has 83 heavy (non-hydrogen) atoms. The van der Waals surface area contributed by atoms with Crippen LogP contribution < -0.4 is 45.9 Å². The summed E-state index contributed by atoms with van der Waals surface area (Å²) >= 11 is 0. The van der Waals surface area contributed by atoms with Gasteiger partial charge in [0.25, 0.3) is 0 Å². The van der Waals surface area contributed by atoms with E-state index in [-0.39, 0.29) is 26.7 Å². The Morgan fingerprint density at radius 3 is 1.51 bits per heavy atom. The number of furan rings is 3. The van der Waals surface area contributed by atoms with Crippen LogP contribution in [0.5, 0.6) is 0 Å². The summed E-state index contributed by atoms with van der Waals surface area (Å²) in [6.45, 7) is 23.4. The highest BCUT2D eigenvalue weighted by Crippen LogP contribution is 2.44. The van der Waals surface area contributed by atoms with Crippen molar-refractivity contribution < 1.29 is 22.5 Å². The molecule has 11 aromatic rings. The lowest BCUT2D eigenvalue weighted by molar-refractivity contribution is -0.751. The summed E-state index contributed by atoms with van der Waals surface area (Å²) in [5, 5.41) is 5.44. The monoisotopic (exact) mass is 1100 g/mol. The van der Waals surface area contributed by atoms with E-state index in [1.807, 2.05) is 93.4 Å². The molecule has 0 radical (unpaired) electrons. The Bertz CT molecular complexity index is 4430. The fraction of sp³-hybridized carbons (Fsp3) is 0.222. The van der Waals surface area contributed by atoms with Gasteiger partial charge in [0, 0.05) is 86.7 Å². The van der Waals surface area contributed by atoms with Gasteiger partial charge in [-0.2, -0.15) is 4.68 Å². The van der Waals surface area contributed by atoms with Crippen molar-refractivity contribution >= 4 is 112 Å². The van der Waals surface area contributed by atoms with Crippen LogP contribution in [0.25, 0.3) is 57.2 Å². The van der Waals surface area contributed by atoms with Crippen molar-refractivity contribution in [3.63, 3.8) is 0 Å². The summed E-state index contributed by atoms with van der Waals surface area (Å²) in [6.07, 6.45) is 16.3. The molecule has 0 amide bonds. The molecule has 0 spiro atoms. The van der Waals surface area contributed by atoms with Crippen molar-refractivity contribution in [2.24, 2.45) is 14.1 Å². The first-order valence-corrected chi connectivity index (χ1v) is 28.3. The molecule has 2 aromatic carbocycles. The first-order chi connectivity index (χ1) is 40.1. The second-order valence-electron chi connectivity index (χ2n) is 22.1. The average Bonchev–Trinajstić information content (AvgIpc) is 4.11. The predicted molar refractivity (Wildman–Crippen MR) is 333 cm³/mol. The van der Waals surface area contributed by atoms with Gasteiger partial charge in [-0.1, -0.05) is 48.0 Å².